The first kappa shape index (κ1) is 33.1. The maximum Gasteiger partial charge on any atom is 0.423 e. The van der Waals surface area contributed by atoms with Gasteiger partial charge in [0.1, 0.15) is 27.8 Å². The Morgan fingerprint density at radius 2 is 1.76 bits per heavy atom. The minimum absolute atomic E-state index is 0.0147. The normalized spacial score (nSPS) is 14.8. The van der Waals surface area contributed by atoms with Crippen LogP contribution in [-0.2, 0) is 23.2 Å². The summed E-state index contributed by atoms with van der Waals surface area (Å²) in [6, 6.07) is 10.2. The van der Waals surface area contributed by atoms with Gasteiger partial charge in [-0.1, -0.05) is 31.5 Å². The van der Waals surface area contributed by atoms with Gasteiger partial charge in [0.25, 0.3) is 10.0 Å². The van der Waals surface area contributed by atoms with Crippen molar-refractivity contribution in [2.45, 2.75) is 49.6 Å². The fourth-order valence-corrected chi connectivity index (χ4v) is 6.08. The van der Waals surface area contributed by atoms with Gasteiger partial charge in [-0.3, -0.25) is 4.68 Å². The Morgan fingerprint density at radius 3 is 2.39 bits per heavy atom. The number of benzene rings is 2. The second kappa shape index (κ2) is 13.6. The van der Waals surface area contributed by atoms with Crippen LogP contribution >= 0.6 is 0 Å². The number of unbranched alkanes of at least 4 members (excludes halogenated alkanes) is 1. The van der Waals surface area contributed by atoms with Gasteiger partial charge in [-0.05, 0) is 75.1 Å². The van der Waals surface area contributed by atoms with Gasteiger partial charge in [-0.25, -0.2) is 22.5 Å². The second-order valence-corrected chi connectivity index (χ2v) is 12.8. The molecule has 0 amide bonds. The number of sulfonamides is 1. The Labute approximate surface area is 264 Å². The number of alkyl halides is 3. The number of piperidine rings is 1. The van der Waals surface area contributed by atoms with Crippen molar-refractivity contribution in [3.63, 3.8) is 0 Å². The average molecular weight is 663 g/mol. The predicted octanol–water partition coefficient (Wildman–Crippen LogP) is 6.62. The van der Waals surface area contributed by atoms with E-state index < -0.39 is 50.7 Å². The molecule has 0 saturated carbocycles. The Hall–Kier alpha value is -4.24. The van der Waals surface area contributed by atoms with Gasteiger partial charge in [0.15, 0.2) is 0 Å². The molecule has 1 N–H and O–H groups in total. The quantitative estimate of drug-likeness (QED) is 0.141. The lowest BCUT2D eigenvalue weighted by atomic mass is 9.90. The van der Waals surface area contributed by atoms with Gasteiger partial charge in [0.2, 0.25) is 11.8 Å². The minimum atomic E-state index is -5.15. The topological polar surface area (TPSA) is 111 Å². The first-order valence-electron chi connectivity index (χ1n) is 14.7. The Balaban J connectivity index is 1.63. The SMILES string of the molecule is CCCCOc1cccc(F)c1-c1nc(NS(=O)(=O)c2cnn(C)c2)nc(Oc2ccc(C3CCN(C)CC3)cc2)c1C(F)(F)F. The van der Waals surface area contributed by atoms with Gasteiger partial charge < -0.3 is 14.4 Å². The van der Waals surface area contributed by atoms with Crippen molar-refractivity contribution in [2.24, 2.45) is 7.05 Å². The molecule has 15 heteroatoms. The van der Waals surface area contributed by atoms with E-state index in [1.807, 2.05) is 14.0 Å². The number of ether oxygens (including phenoxy) is 2. The van der Waals surface area contributed by atoms with Gasteiger partial charge in [0.05, 0.1) is 24.1 Å². The van der Waals surface area contributed by atoms with Crippen LogP contribution in [-0.4, -0.2) is 59.8 Å². The summed E-state index contributed by atoms with van der Waals surface area (Å²) in [5, 5.41) is 3.83. The lowest BCUT2D eigenvalue weighted by molar-refractivity contribution is -0.138. The summed E-state index contributed by atoms with van der Waals surface area (Å²) in [5.41, 5.74) is -2.04. The maximum atomic E-state index is 15.5. The third-order valence-electron chi connectivity index (χ3n) is 7.63. The number of nitrogens with one attached hydrogen (secondary N) is 1. The molecule has 3 heterocycles. The van der Waals surface area contributed by atoms with E-state index in [9.17, 15) is 21.6 Å². The van der Waals surface area contributed by atoms with Gasteiger partial charge >= 0.3 is 6.18 Å². The maximum absolute atomic E-state index is 15.5. The number of aryl methyl sites for hydroxylation is 1. The molecule has 1 aliphatic rings. The molecule has 0 radical (unpaired) electrons. The number of likely N-dealkylation sites (tertiary alicyclic amines) is 1. The van der Waals surface area contributed by atoms with Crippen LogP contribution in [0, 0.1) is 5.82 Å². The molecule has 0 aliphatic carbocycles. The third-order valence-corrected chi connectivity index (χ3v) is 8.91. The highest BCUT2D eigenvalue weighted by Crippen LogP contribution is 2.46. The van der Waals surface area contributed by atoms with Crippen LogP contribution < -0.4 is 14.2 Å². The van der Waals surface area contributed by atoms with Crippen molar-refractivity contribution < 1.29 is 35.5 Å². The fraction of sp³-hybridized carbons (Fsp3) is 0.387. The molecule has 5 rings (SSSR count). The van der Waals surface area contributed by atoms with Crippen LogP contribution in [0.3, 0.4) is 0 Å². The van der Waals surface area contributed by atoms with E-state index in [1.165, 1.54) is 42.2 Å². The molecule has 0 atom stereocenters. The molecule has 2 aromatic carbocycles. The molecule has 0 unspecified atom stereocenters. The van der Waals surface area contributed by atoms with Crippen molar-refractivity contribution in [1.29, 1.82) is 0 Å². The van der Waals surface area contributed by atoms with Crippen molar-refractivity contribution >= 4 is 16.0 Å². The molecule has 0 spiro atoms. The molecule has 246 valence electrons. The number of halogens is 4. The monoisotopic (exact) mass is 662 g/mol. The van der Waals surface area contributed by atoms with Crippen LogP contribution in [0.5, 0.6) is 17.4 Å². The van der Waals surface area contributed by atoms with E-state index in [4.69, 9.17) is 9.47 Å². The number of rotatable bonds is 11. The second-order valence-electron chi connectivity index (χ2n) is 11.1. The smallest absolute Gasteiger partial charge is 0.423 e. The summed E-state index contributed by atoms with van der Waals surface area (Å²) in [6.45, 7) is 3.86. The molecule has 1 aliphatic heterocycles. The zero-order valence-corrected chi connectivity index (χ0v) is 26.3. The predicted molar refractivity (Wildman–Crippen MR) is 163 cm³/mol. The summed E-state index contributed by atoms with van der Waals surface area (Å²) in [6.07, 6.45) is 0.249. The summed E-state index contributed by atoms with van der Waals surface area (Å²) in [4.78, 5) is 9.70. The van der Waals surface area contributed by atoms with Crippen molar-refractivity contribution in [3.05, 3.63) is 71.8 Å². The Bertz CT molecular complexity index is 1770. The zero-order chi connectivity index (χ0) is 33.1. The number of aromatic nitrogens is 4. The molecule has 1 saturated heterocycles. The van der Waals surface area contributed by atoms with E-state index in [-0.39, 0.29) is 23.0 Å². The van der Waals surface area contributed by atoms with Crippen molar-refractivity contribution in [1.82, 2.24) is 24.6 Å². The Kier molecular flexibility index (Phi) is 9.82. The van der Waals surface area contributed by atoms with Crippen LogP contribution in [0.2, 0.25) is 0 Å². The Morgan fingerprint density at radius 1 is 1.04 bits per heavy atom. The van der Waals surface area contributed by atoms with Crippen LogP contribution in [0.1, 0.15) is 49.7 Å². The largest absolute Gasteiger partial charge is 0.493 e. The molecule has 2 aromatic heterocycles. The lowest BCUT2D eigenvalue weighted by Gasteiger charge is -2.29. The molecule has 10 nitrogen and oxygen atoms in total. The summed E-state index contributed by atoms with van der Waals surface area (Å²) in [7, 11) is -0.869. The van der Waals surface area contributed by atoms with E-state index in [2.05, 4.69) is 24.7 Å². The molecule has 46 heavy (non-hydrogen) atoms. The van der Waals surface area contributed by atoms with Crippen LogP contribution in [0.4, 0.5) is 23.5 Å². The van der Waals surface area contributed by atoms with Crippen molar-refractivity contribution in [2.75, 3.05) is 31.5 Å². The molecule has 0 bridgehead atoms. The number of hydrogen-bond acceptors (Lipinski definition) is 8. The summed E-state index contributed by atoms with van der Waals surface area (Å²) in [5.74, 6) is -2.74. The highest BCUT2D eigenvalue weighted by atomic mass is 32.2. The van der Waals surface area contributed by atoms with E-state index >= 15 is 4.39 Å². The summed E-state index contributed by atoms with van der Waals surface area (Å²) >= 11 is 0. The lowest BCUT2D eigenvalue weighted by Crippen LogP contribution is -2.29. The molecular formula is C31H34F4N6O4S. The molecule has 1 fully saturated rings. The van der Waals surface area contributed by atoms with Crippen LogP contribution in [0.15, 0.2) is 59.8 Å². The van der Waals surface area contributed by atoms with Gasteiger partial charge in [0, 0.05) is 13.2 Å². The van der Waals surface area contributed by atoms with Crippen molar-refractivity contribution in [3.8, 4) is 28.6 Å². The highest BCUT2D eigenvalue weighted by molar-refractivity contribution is 7.92. The zero-order valence-electron chi connectivity index (χ0n) is 25.5. The van der Waals surface area contributed by atoms with Gasteiger partial charge in [-0.15, -0.1) is 0 Å². The first-order chi connectivity index (χ1) is 21.9. The minimum Gasteiger partial charge on any atom is -0.493 e. The van der Waals surface area contributed by atoms with E-state index in [1.54, 1.807) is 12.1 Å². The molecule has 4 aromatic rings. The van der Waals surface area contributed by atoms with Crippen LogP contribution in [0.25, 0.3) is 11.3 Å². The standard InChI is InChI=1S/C31H34F4N6O4S/c1-4-5-17-44-25-8-6-7-24(32)26(25)28-27(31(33,34)35)29(38-30(37-28)39-46(42,43)23-18-36-41(3)19-23)45-22-11-9-20(10-12-22)21-13-15-40(2)16-14-21/h6-12,18-19,21H,4-5,13-17H2,1-3H3,(H,37,38,39). The fourth-order valence-electron chi connectivity index (χ4n) is 5.16. The first-order valence-corrected chi connectivity index (χ1v) is 16.2. The average Bonchev–Trinajstić information content (AvgIpc) is 3.44. The summed E-state index contributed by atoms with van der Waals surface area (Å²) < 4.78 is 101. The molecular weight excluding hydrogens is 628 g/mol. The van der Waals surface area contributed by atoms with E-state index in [0.717, 1.165) is 50.2 Å². The number of anilines is 1. The third kappa shape index (κ3) is 7.58. The van der Waals surface area contributed by atoms with E-state index in [0.29, 0.717) is 12.3 Å². The van der Waals surface area contributed by atoms with Gasteiger partial charge in [-0.2, -0.15) is 23.3 Å². The number of nitrogens with zero attached hydrogens (tertiary/aromatic N) is 5. The number of hydrogen-bond donors (Lipinski definition) is 1. The highest BCUT2D eigenvalue weighted by Gasteiger charge is 2.42.